The zero-order valence-electron chi connectivity index (χ0n) is 11.4. The number of nitrogens with two attached hydrogens (primary N) is 1. The molecule has 0 atom stereocenters. The van der Waals surface area contributed by atoms with Gasteiger partial charge in [0, 0.05) is 25.4 Å². The number of aryl methyl sites for hydroxylation is 1. The molecule has 2 aromatic rings. The number of H-pyrrole nitrogens is 1. The van der Waals surface area contributed by atoms with Gasteiger partial charge >= 0.3 is 0 Å². The number of carbonyl (C=O) groups excluding carboxylic acids is 1. The van der Waals surface area contributed by atoms with Gasteiger partial charge in [0.05, 0.1) is 22.5 Å². The van der Waals surface area contributed by atoms with Crippen molar-refractivity contribution in [2.24, 2.45) is 5.73 Å². The minimum Gasteiger partial charge on any atom is -0.337 e. The fourth-order valence-electron chi connectivity index (χ4n) is 1.74. The molecule has 1 amide bonds. The van der Waals surface area contributed by atoms with Crippen molar-refractivity contribution in [2.75, 3.05) is 13.6 Å². The van der Waals surface area contributed by atoms with Gasteiger partial charge < -0.3 is 10.6 Å². The Morgan fingerprint density at radius 2 is 2.40 bits per heavy atom. The number of amides is 1. The maximum atomic E-state index is 12.3. The Bertz CT molecular complexity index is 649. The SMILES string of the molecule is Cc1cc(C(=O)N(C)Cc2cn[nH]c2)sc1C#CCN. The number of hydrogen-bond acceptors (Lipinski definition) is 4. The minimum absolute atomic E-state index is 0.0138. The van der Waals surface area contributed by atoms with E-state index >= 15 is 0 Å². The Morgan fingerprint density at radius 1 is 1.60 bits per heavy atom. The number of nitrogens with zero attached hydrogens (tertiary/aromatic N) is 2. The summed E-state index contributed by atoms with van der Waals surface area (Å²) >= 11 is 1.40. The van der Waals surface area contributed by atoms with Crippen LogP contribution in [-0.2, 0) is 6.54 Å². The second-order valence-corrected chi connectivity index (χ2v) is 5.45. The number of aromatic amines is 1. The molecule has 0 fully saturated rings. The van der Waals surface area contributed by atoms with Crippen molar-refractivity contribution in [3.8, 4) is 11.8 Å². The average Bonchev–Trinajstić information content (AvgIpc) is 3.05. The number of thiophene rings is 1. The monoisotopic (exact) mass is 288 g/mol. The van der Waals surface area contributed by atoms with Gasteiger partial charge in [0.2, 0.25) is 0 Å². The standard InChI is InChI=1S/C14H16N4OS/c1-10-6-13(20-12(10)4-3-5-15)14(19)18(2)9-11-7-16-17-8-11/h6-8H,5,9,15H2,1-2H3,(H,16,17). The number of hydrogen-bond donors (Lipinski definition) is 2. The molecule has 5 nitrogen and oxygen atoms in total. The predicted octanol–water partition coefficient (Wildman–Crippen LogP) is 1.36. The summed E-state index contributed by atoms with van der Waals surface area (Å²) in [4.78, 5) is 15.6. The summed E-state index contributed by atoms with van der Waals surface area (Å²) in [5, 5.41) is 6.60. The molecule has 0 aliphatic rings. The first-order valence-electron chi connectivity index (χ1n) is 6.14. The molecule has 0 unspecified atom stereocenters. The molecule has 2 rings (SSSR count). The van der Waals surface area contributed by atoms with Crippen molar-refractivity contribution in [1.29, 1.82) is 0 Å². The first-order chi connectivity index (χ1) is 9.61. The van der Waals surface area contributed by atoms with E-state index < -0.39 is 0 Å². The van der Waals surface area contributed by atoms with E-state index in [0.29, 0.717) is 18.0 Å². The molecule has 0 aliphatic heterocycles. The Balaban J connectivity index is 2.12. The number of nitrogens with one attached hydrogen (secondary N) is 1. The van der Waals surface area contributed by atoms with E-state index in [1.165, 1.54) is 11.3 Å². The smallest absolute Gasteiger partial charge is 0.264 e. The van der Waals surface area contributed by atoms with Gasteiger partial charge in [0.25, 0.3) is 5.91 Å². The van der Waals surface area contributed by atoms with Crippen molar-refractivity contribution in [3.63, 3.8) is 0 Å². The van der Waals surface area contributed by atoms with Crippen molar-refractivity contribution < 1.29 is 4.79 Å². The summed E-state index contributed by atoms with van der Waals surface area (Å²) in [5.41, 5.74) is 7.34. The topological polar surface area (TPSA) is 75.0 Å². The Kier molecular flexibility index (Phi) is 4.56. The van der Waals surface area contributed by atoms with Crippen LogP contribution in [0.25, 0.3) is 0 Å². The van der Waals surface area contributed by atoms with Crippen LogP contribution in [0.1, 0.15) is 25.7 Å². The van der Waals surface area contributed by atoms with Crippen LogP contribution in [-0.4, -0.2) is 34.6 Å². The van der Waals surface area contributed by atoms with E-state index in [4.69, 9.17) is 5.73 Å². The first kappa shape index (κ1) is 14.3. The van der Waals surface area contributed by atoms with Gasteiger partial charge in [-0.25, -0.2) is 0 Å². The van der Waals surface area contributed by atoms with Gasteiger partial charge in [-0.15, -0.1) is 11.3 Å². The molecule has 0 saturated heterocycles. The Morgan fingerprint density at radius 3 is 3.05 bits per heavy atom. The van der Waals surface area contributed by atoms with Crippen LogP contribution in [0.2, 0.25) is 0 Å². The quantitative estimate of drug-likeness (QED) is 0.837. The lowest BCUT2D eigenvalue weighted by Crippen LogP contribution is -2.25. The van der Waals surface area contributed by atoms with Gasteiger partial charge in [-0.1, -0.05) is 11.8 Å². The molecule has 0 aliphatic carbocycles. The van der Waals surface area contributed by atoms with E-state index in [1.807, 2.05) is 13.0 Å². The molecule has 0 saturated carbocycles. The number of carbonyl (C=O) groups is 1. The van der Waals surface area contributed by atoms with Crippen LogP contribution in [0.3, 0.4) is 0 Å². The van der Waals surface area contributed by atoms with Crippen LogP contribution < -0.4 is 5.73 Å². The van der Waals surface area contributed by atoms with Gasteiger partial charge in [-0.3, -0.25) is 9.89 Å². The summed E-state index contributed by atoms with van der Waals surface area (Å²) in [6.07, 6.45) is 3.49. The molecule has 3 N–H and O–H groups in total. The van der Waals surface area contributed by atoms with Crippen molar-refractivity contribution in [2.45, 2.75) is 13.5 Å². The summed E-state index contributed by atoms with van der Waals surface area (Å²) in [5.74, 6) is 5.79. The highest BCUT2D eigenvalue weighted by Crippen LogP contribution is 2.22. The van der Waals surface area contributed by atoms with Crippen LogP contribution >= 0.6 is 11.3 Å². The summed E-state index contributed by atoms with van der Waals surface area (Å²) in [6.45, 7) is 2.79. The molecule has 0 spiro atoms. The number of rotatable bonds is 3. The summed E-state index contributed by atoms with van der Waals surface area (Å²) in [7, 11) is 1.77. The molecule has 104 valence electrons. The van der Waals surface area contributed by atoms with Gasteiger partial charge in [0.15, 0.2) is 0 Å². The van der Waals surface area contributed by atoms with Crippen molar-refractivity contribution in [1.82, 2.24) is 15.1 Å². The van der Waals surface area contributed by atoms with Crippen molar-refractivity contribution in [3.05, 3.63) is 39.3 Å². The summed E-state index contributed by atoms with van der Waals surface area (Å²) in [6, 6.07) is 1.87. The van der Waals surface area contributed by atoms with Gasteiger partial charge in [-0.05, 0) is 18.6 Å². The predicted molar refractivity (Wildman–Crippen MR) is 79.4 cm³/mol. The third-order valence-corrected chi connectivity index (χ3v) is 3.89. The zero-order valence-corrected chi connectivity index (χ0v) is 12.3. The van der Waals surface area contributed by atoms with E-state index in [0.717, 1.165) is 16.0 Å². The Labute approximate surface area is 121 Å². The first-order valence-corrected chi connectivity index (χ1v) is 6.96. The molecule has 20 heavy (non-hydrogen) atoms. The highest BCUT2D eigenvalue weighted by atomic mass is 32.1. The molecule has 0 radical (unpaired) electrons. The maximum absolute atomic E-state index is 12.3. The molecule has 0 bridgehead atoms. The molecule has 6 heteroatoms. The molecule has 2 aromatic heterocycles. The zero-order chi connectivity index (χ0) is 14.5. The van der Waals surface area contributed by atoms with E-state index in [9.17, 15) is 4.79 Å². The van der Waals surface area contributed by atoms with Crippen LogP contribution in [0.4, 0.5) is 0 Å². The van der Waals surface area contributed by atoms with E-state index in [-0.39, 0.29) is 5.91 Å². The fraction of sp³-hybridized carbons (Fsp3) is 0.286. The largest absolute Gasteiger partial charge is 0.337 e. The van der Waals surface area contributed by atoms with E-state index in [1.54, 1.807) is 24.3 Å². The Hall–Kier alpha value is -2.10. The minimum atomic E-state index is -0.0138. The normalized spacial score (nSPS) is 9.95. The molecule has 0 aromatic carbocycles. The third kappa shape index (κ3) is 3.26. The summed E-state index contributed by atoms with van der Waals surface area (Å²) < 4.78 is 0. The van der Waals surface area contributed by atoms with Crippen LogP contribution in [0.15, 0.2) is 18.5 Å². The lowest BCUT2D eigenvalue weighted by molar-refractivity contribution is 0.0790. The second kappa shape index (κ2) is 6.37. The molecule has 2 heterocycles. The van der Waals surface area contributed by atoms with Gasteiger partial charge in [-0.2, -0.15) is 5.10 Å². The maximum Gasteiger partial charge on any atom is 0.264 e. The molecular formula is C14H16N4OS. The van der Waals surface area contributed by atoms with E-state index in [2.05, 4.69) is 22.0 Å². The average molecular weight is 288 g/mol. The lowest BCUT2D eigenvalue weighted by atomic mass is 10.2. The fourth-order valence-corrected chi connectivity index (χ4v) is 2.78. The molecular weight excluding hydrogens is 272 g/mol. The van der Waals surface area contributed by atoms with Crippen LogP contribution in [0, 0.1) is 18.8 Å². The highest BCUT2D eigenvalue weighted by molar-refractivity contribution is 7.14. The van der Waals surface area contributed by atoms with Crippen molar-refractivity contribution >= 4 is 17.2 Å². The third-order valence-electron chi connectivity index (χ3n) is 2.75. The lowest BCUT2D eigenvalue weighted by Gasteiger charge is -2.14. The highest BCUT2D eigenvalue weighted by Gasteiger charge is 2.16. The number of aromatic nitrogens is 2. The van der Waals surface area contributed by atoms with Gasteiger partial charge in [0.1, 0.15) is 0 Å². The second-order valence-electron chi connectivity index (χ2n) is 4.40. The van der Waals surface area contributed by atoms with Crippen LogP contribution in [0.5, 0.6) is 0 Å².